The monoisotopic (exact) mass is 415 g/mol. The molecule has 154 valence electrons. The second kappa shape index (κ2) is 10.1. The molecular formula is C21H25ClF3NO2. The number of hydrogen-bond donors (Lipinski definition) is 1. The number of benzene rings is 2. The van der Waals surface area contributed by atoms with Gasteiger partial charge < -0.3 is 14.7 Å². The van der Waals surface area contributed by atoms with Gasteiger partial charge >= 0.3 is 0 Å². The zero-order chi connectivity index (χ0) is 19.4. The van der Waals surface area contributed by atoms with Crippen molar-refractivity contribution in [3.63, 3.8) is 0 Å². The second-order valence-corrected chi connectivity index (χ2v) is 7.12. The van der Waals surface area contributed by atoms with Crippen molar-refractivity contribution >= 4 is 12.4 Å². The molecule has 0 bridgehead atoms. The van der Waals surface area contributed by atoms with Gasteiger partial charge in [0.2, 0.25) is 0 Å². The van der Waals surface area contributed by atoms with Gasteiger partial charge in [0.1, 0.15) is 11.6 Å². The molecule has 28 heavy (non-hydrogen) atoms. The fraction of sp³-hybridized carbons (Fsp3) is 0.429. The molecule has 3 rings (SSSR count). The summed E-state index contributed by atoms with van der Waals surface area (Å²) < 4.78 is 45.9. The number of aliphatic hydroxyl groups is 1. The minimum atomic E-state index is -0.883. The molecule has 2 atom stereocenters. The maximum absolute atomic E-state index is 13.7. The van der Waals surface area contributed by atoms with Crippen LogP contribution >= 0.6 is 12.4 Å². The van der Waals surface area contributed by atoms with Gasteiger partial charge in [0.25, 0.3) is 0 Å². The Labute approximate surface area is 169 Å². The van der Waals surface area contributed by atoms with Crippen LogP contribution in [0.25, 0.3) is 0 Å². The van der Waals surface area contributed by atoms with E-state index < -0.39 is 11.6 Å². The van der Waals surface area contributed by atoms with E-state index >= 15 is 0 Å². The summed E-state index contributed by atoms with van der Waals surface area (Å²) in [7, 11) is 1.98. The average molecular weight is 416 g/mol. The Kier molecular flexibility index (Phi) is 8.16. The lowest BCUT2D eigenvalue weighted by Crippen LogP contribution is -2.26. The molecule has 0 radical (unpaired) electrons. The Morgan fingerprint density at radius 1 is 1.07 bits per heavy atom. The third kappa shape index (κ3) is 5.87. The molecule has 0 saturated carbocycles. The van der Waals surface area contributed by atoms with E-state index in [1.54, 1.807) is 6.07 Å². The average Bonchev–Trinajstić information content (AvgIpc) is 2.95. The summed E-state index contributed by atoms with van der Waals surface area (Å²) in [6.07, 6.45) is 2.12. The van der Waals surface area contributed by atoms with Crippen molar-refractivity contribution in [2.45, 2.75) is 37.8 Å². The van der Waals surface area contributed by atoms with E-state index in [9.17, 15) is 18.3 Å². The normalized spacial score (nSPS) is 19.5. The Balaban J connectivity index is 0.00000280. The highest BCUT2D eigenvalue weighted by molar-refractivity contribution is 5.85. The largest absolute Gasteiger partial charge is 0.493 e. The first-order valence-corrected chi connectivity index (χ1v) is 9.16. The number of ether oxygens (including phenoxy) is 1. The Hall–Kier alpha value is -1.76. The standard InChI is InChI=1S/C21H24F3NO2.ClH/c1-25-13-18(26)12-17(25)8-9-27-21-7-5-16(22)11-15(21)4-2-14-3-6-19(23)20(24)10-14;/h3,5-7,10-11,17-18,26H,2,4,8-9,12-13H2,1H3;1H/t17-,18-;/m1./s1. The van der Waals surface area contributed by atoms with Crippen molar-refractivity contribution in [2.75, 3.05) is 20.2 Å². The van der Waals surface area contributed by atoms with Crippen LogP contribution in [0.3, 0.4) is 0 Å². The lowest BCUT2D eigenvalue weighted by molar-refractivity contribution is 0.182. The summed E-state index contributed by atoms with van der Waals surface area (Å²) in [5.41, 5.74) is 1.34. The van der Waals surface area contributed by atoms with Crippen LogP contribution in [0, 0.1) is 17.5 Å². The van der Waals surface area contributed by atoms with Gasteiger partial charge in [-0.3, -0.25) is 0 Å². The molecule has 1 N–H and O–H groups in total. The van der Waals surface area contributed by atoms with Gasteiger partial charge in [-0.05, 0) is 74.2 Å². The Morgan fingerprint density at radius 2 is 1.86 bits per heavy atom. The SMILES string of the molecule is CN1C[C@H](O)C[C@H]1CCOc1ccc(F)cc1CCc1ccc(F)c(F)c1.Cl. The molecule has 1 fully saturated rings. The van der Waals surface area contributed by atoms with Crippen LogP contribution in [0.5, 0.6) is 5.75 Å². The summed E-state index contributed by atoms with van der Waals surface area (Å²) in [4.78, 5) is 2.11. The lowest BCUT2D eigenvalue weighted by Gasteiger charge is -2.19. The number of aliphatic hydroxyl groups excluding tert-OH is 1. The van der Waals surface area contributed by atoms with Crippen molar-refractivity contribution < 1.29 is 23.0 Å². The molecule has 1 aliphatic heterocycles. The second-order valence-electron chi connectivity index (χ2n) is 7.12. The maximum atomic E-state index is 13.7. The number of halogens is 4. The Bertz CT molecular complexity index is 790. The summed E-state index contributed by atoms with van der Waals surface area (Å²) in [5.74, 6) is -1.52. The summed E-state index contributed by atoms with van der Waals surface area (Å²) in [6.45, 7) is 1.13. The number of likely N-dealkylation sites (tertiary alicyclic amines) is 1. The summed E-state index contributed by atoms with van der Waals surface area (Å²) in [6, 6.07) is 8.42. The fourth-order valence-electron chi connectivity index (χ4n) is 3.55. The fourth-order valence-corrected chi connectivity index (χ4v) is 3.55. The van der Waals surface area contributed by atoms with Crippen LogP contribution in [0.4, 0.5) is 13.2 Å². The number of hydrogen-bond acceptors (Lipinski definition) is 3. The molecule has 1 heterocycles. The molecule has 2 aromatic rings. The molecule has 0 aromatic heterocycles. The van der Waals surface area contributed by atoms with Crippen LogP contribution in [0.1, 0.15) is 24.0 Å². The van der Waals surface area contributed by atoms with Gasteiger partial charge in [0, 0.05) is 12.6 Å². The van der Waals surface area contributed by atoms with Crippen molar-refractivity contribution in [2.24, 2.45) is 0 Å². The number of rotatable bonds is 7. The number of aryl methyl sites for hydroxylation is 2. The van der Waals surface area contributed by atoms with Gasteiger partial charge in [-0.15, -0.1) is 12.4 Å². The highest BCUT2D eigenvalue weighted by Crippen LogP contribution is 2.24. The highest BCUT2D eigenvalue weighted by atomic mass is 35.5. The van der Waals surface area contributed by atoms with Crippen LogP contribution in [-0.2, 0) is 12.8 Å². The van der Waals surface area contributed by atoms with Crippen LogP contribution < -0.4 is 4.74 Å². The first-order chi connectivity index (χ1) is 12.9. The molecule has 3 nitrogen and oxygen atoms in total. The smallest absolute Gasteiger partial charge is 0.159 e. The lowest BCUT2D eigenvalue weighted by atomic mass is 10.0. The first kappa shape index (κ1) is 22.5. The third-order valence-corrected chi connectivity index (χ3v) is 5.06. The van der Waals surface area contributed by atoms with E-state index in [0.29, 0.717) is 42.9 Å². The molecule has 0 aliphatic carbocycles. The minimum Gasteiger partial charge on any atom is -0.493 e. The number of likely N-dealkylation sites (N-methyl/N-ethyl adjacent to an activating group) is 1. The topological polar surface area (TPSA) is 32.7 Å². The predicted octanol–water partition coefficient (Wildman–Crippen LogP) is 4.14. The van der Waals surface area contributed by atoms with Gasteiger partial charge in [0.15, 0.2) is 11.6 Å². The van der Waals surface area contributed by atoms with E-state index in [1.165, 1.54) is 18.2 Å². The zero-order valence-corrected chi connectivity index (χ0v) is 16.5. The van der Waals surface area contributed by atoms with Crippen LogP contribution in [-0.4, -0.2) is 42.4 Å². The maximum Gasteiger partial charge on any atom is 0.159 e. The predicted molar refractivity (Wildman–Crippen MR) is 105 cm³/mol. The van der Waals surface area contributed by atoms with Crippen molar-refractivity contribution in [3.05, 3.63) is 65.0 Å². The van der Waals surface area contributed by atoms with E-state index in [-0.39, 0.29) is 30.4 Å². The van der Waals surface area contributed by atoms with Gasteiger partial charge in [-0.2, -0.15) is 0 Å². The van der Waals surface area contributed by atoms with E-state index in [2.05, 4.69) is 4.90 Å². The van der Waals surface area contributed by atoms with E-state index in [4.69, 9.17) is 4.74 Å². The van der Waals surface area contributed by atoms with E-state index in [0.717, 1.165) is 25.0 Å². The molecule has 1 saturated heterocycles. The zero-order valence-electron chi connectivity index (χ0n) is 15.7. The molecular weight excluding hydrogens is 391 g/mol. The van der Waals surface area contributed by atoms with Crippen LogP contribution in [0.15, 0.2) is 36.4 Å². The summed E-state index contributed by atoms with van der Waals surface area (Å²) >= 11 is 0. The first-order valence-electron chi connectivity index (χ1n) is 9.16. The molecule has 0 spiro atoms. The number of β-amino-alcohol motifs (C(OH)–C–C–N with tert-alkyl or cyclic N) is 1. The van der Waals surface area contributed by atoms with Gasteiger partial charge in [-0.1, -0.05) is 6.07 Å². The molecule has 7 heteroatoms. The number of nitrogens with zero attached hydrogens (tertiary/aromatic N) is 1. The molecule has 1 aliphatic rings. The van der Waals surface area contributed by atoms with Crippen molar-refractivity contribution in [1.29, 1.82) is 0 Å². The van der Waals surface area contributed by atoms with Crippen molar-refractivity contribution in [1.82, 2.24) is 4.90 Å². The van der Waals surface area contributed by atoms with Crippen molar-refractivity contribution in [3.8, 4) is 5.75 Å². The molecule has 0 amide bonds. The van der Waals surface area contributed by atoms with Gasteiger partial charge in [-0.25, -0.2) is 13.2 Å². The highest BCUT2D eigenvalue weighted by Gasteiger charge is 2.27. The molecule has 2 aromatic carbocycles. The molecule has 0 unspecified atom stereocenters. The summed E-state index contributed by atoms with van der Waals surface area (Å²) in [5, 5.41) is 9.70. The van der Waals surface area contributed by atoms with Gasteiger partial charge in [0.05, 0.1) is 12.7 Å². The van der Waals surface area contributed by atoms with E-state index in [1.807, 2.05) is 7.05 Å². The quantitative estimate of drug-likeness (QED) is 0.737. The minimum absolute atomic E-state index is 0. The Morgan fingerprint density at radius 3 is 2.54 bits per heavy atom. The van der Waals surface area contributed by atoms with Crippen LogP contribution in [0.2, 0.25) is 0 Å². The third-order valence-electron chi connectivity index (χ3n) is 5.06.